The van der Waals surface area contributed by atoms with Gasteiger partial charge < -0.3 is 9.51 Å². The molecule has 2 aromatic rings. The topological polar surface area (TPSA) is 24.6 Å². The summed E-state index contributed by atoms with van der Waals surface area (Å²) in [6.45, 7) is 3.95. The van der Waals surface area contributed by atoms with Gasteiger partial charge in [-0.3, -0.25) is 0 Å². The summed E-state index contributed by atoms with van der Waals surface area (Å²) in [5.74, 6) is 0. The summed E-state index contributed by atoms with van der Waals surface area (Å²) in [6, 6.07) is 7.74. The SMILES string of the molecule is [CH2]c1ccc(CO)n2cccc12. The minimum atomic E-state index is 0.0610. The highest BCUT2D eigenvalue weighted by Crippen LogP contribution is 2.13. The predicted octanol–water partition coefficient (Wildman–Crippen LogP) is 1.61. The highest BCUT2D eigenvalue weighted by Gasteiger charge is 1.99. The Morgan fingerprint density at radius 2 is 2.17 bits per heavy atom. The second kappa shape index (κ2) is 2.64. The lowest BCUT2D eigenvalue weighted by Crippen LogP contribution is -1.95. The van der Waals surface area contributed by atoms with Crippen molar-refractivity contribution in [3.8, 4) is 0 Å². The zero-order valence-electron chi connectivity index (χ0n) is 6.70. The Morgan fingerprint density at radius 1 is 1.33 bits per heavy atom. The van der Waals surface area contributed by atoms with Crippen molar-refractivity contribution in [3.63, 3.8) is 0 Å². The van der Waals surface area contributed by atoms with E-state index in [-0.39, 0.29) is 6.61 Å². The third kappa shape index (κ3) is 0.924. The molecular weight excluding hydrogens is 150 g/mol. The monoisotopic (exact) mass is 160 g/mol. The Morgan fingerprint density at radius 3 is 2.92 bits per heavy atom. The van der Waals surface area contributed by atoms with E-state index in [0.29, 0.717) is 0 Å². The first-order valence-electron chi connectivity index (χ1n) is 3.84. The van der Waals surface area contributed by atoms with Crippen LogP contribution in [0.25, 0.3) is 5.52 Å². The van der Waals surface area contributed by atoms with Crippen LogP contribution in [0.2, 0.25) is 0 Å². The molecule has 0 saturated heterocycles. The average molecular weight is 160 g/mol. The van der Waals surface area contributed by atoms with E-state index in [4.69, 9.17) is 5.11 Å². The molecule has 0 amide bonds. The highest BCUT2D eigenvalue weighted by molar-refractivity contribution is 5.57. The van der Waals surface area contributed by atoms with Crippen molar-refractivity contribution in [1.29, 1.82) is 0 Å². The quantitative estimate of drug-likeness (QED) is 0.673. The molecule has 0 spiro atoms. The highest BCUT2D eigenvalue weighted by atomic mass is 16.3. The minimum Gasteiger partial charge on any atom is -0.390 e. The van der Waals surface area contributed by atoms with Crippen LogP contribution in [0.1, 0.15) is 11.3 Å². The molecule has 2 heterocycles. The molecule has 0 fully saturated rings. The Labute approximate surface area is 71.1 Å². The Hall–Kier alpha value is -1.28. The molecule has 1 N–H and O–H groups in total. The van der Waals surface area contributed by atoms with Gasteiger partial charge in [0.25, 0.3) is 0 Å². The summed E-state index contributed by atoms with van der Waals surface area (Å²) < 4.78 is 1.95. The third-order valence-corrected chi connectivity index (χ3v) is 2.03. The van der Waals surface area contributed by atoms with Crippen LogP contribution in [0, 0.1) is 6.92 Å². The lowest BCUT2D eigenvalue weighted by atomic mass is 10.2. The van der Waals surface area contributed by atoms with Gasteiger partial charge in [0, 0.05) is 17.4 Å². The van der Waals surface area contributed by atoms with Crippen LogP contribution in [0.15, 0.2) is 30.5 Å². The molecule has 1 radical (unpaired) electrons. The smallest absolute Gasteiger partial charge is 0.0836 e. The third-order valence-electron chi connectivity index (χ3n) is 2.03. The van der Waals surface area contributed by atoms with Gasteiger partial charge in [0.2, 0.25) is 0 Å². The molecule has 0 aliphatic heterocycles. The summed E-state index contributed by atoms with van der Waals surface area (Å²) in [5, 5.41) is 9.00. The number of hydrogen-bond acceptors (Lipinski definition) is 1. The van der Waals surface area contributed by atoms with E-state index in [1.54, 1.807) is 0 Å². The van der Waals surface area contributed by atoms with Crippen molar-refractivity contribution in [2.75, 3.05) is 0 Å². The van der Waals surface area contributed by atoms with Gasteiger partial charge in [0.15, 0.2) is 0 Å². The van der Waals surface area contributed by atoms with Crippen LogP contribution in [-0.4, -0.2) is 9.51 Å². The molecule has 0 aliphatic carbocycles. The van der Waals surface area contributed by atoms with Gasteiger partial charge in [-0.2, -0.15) is 0 Å². The van der Waals surface area contributed by atoms with Crippen LogP contribution in [0.4, 0.5) is 0 Å². The van der Waals surface area contributed by atoms with E-state index < -0.39 is 0 Å². The lowest BCUT2D eigenvalue weighted by Gasteiger charge is -2.04. The number of hydrogen-bond donors (Lipinski definition) is 1. The normalized spacial score (nSPS) is 10.8. The molecule has 2 aromatic heterocycles. The van der Waals surface area contributed by atoms with Crippen molar-refractivity contribution in [1.82, 2.24) is 4.40 Å². The van der Waals surface area contributed by atoms with Crippen molar-refractivity contribution < 1.29 is 5.11 Å². The fourth-order valence-electron chi connectivity index (χ4n) is 1.38. The van der Waals surface area contributed by atoms with E-state index >= 15 is 0 Å². The van der Waals surface area contributed by atoms with E-state index in [1.165, 1.54) is 0 Å². The lowest BCUT2D eigenvalue weighted by molar-refractivity contribution is 0.275. The first-order chi connectivity index (χ1) is 5.83. The second-order valence-electron chi connectivity index (χ2n) is 2.77. The fraction of sp³-hybridized carbons (Fsp3) is 0.100. The molecule has 0 atom stereocenters. The molecule has 0 saturated carbocycles. The number of nitrogens with zero attached hydrogens (tertiary/aromatic N) is 1. The number of fused-ring (bicyclic) bond motifs is 1. The summed E-state index contributed by atoms with van der Waals surface area (Å²) in [7, 11) is 0. The van der Waals surface area contributed by atoms with Crippen molar-refractivity contribution in [2.45, 2.75) is 6.61 Å². The van der Waals surface area contributed by atoms with E-state index in [1.807, 2.05) is 34.9 Å². The number of aromatic nitrogens is 1. The Bertz CT molecular complexity index is 403. The molecule has 2 rings (SSSR count). The van der Waals surface area contributed by atoms with Crippen LogP contribution < -0.4 is 0 Å². The zero-order chi connectivity index (χ0) is 8.55. The maximum absolute atomic E-state index is 9.00. The standard InChI is InChI=1S/C10H10NO/c1-8-4-5-9(7-12)11-6-2-3-10(8)11/h2-6,12H,1,7H2. The van der Waals surface area contributed by atoms with Crippen molar-refractivity contribution in [3.05, 3.63) is 48.6 Å². The van der Waals surface area contributed by atoms with Crippen molar-refractivity contribution in [2.24, 2.45) is 0 Å². The molecule has 0 bridgehead atoms. The van der Waals surface area contributed by atoms with Crippen LogP contribution >= 0.6 is 0 Å². The number of aliphatic hydroxyl groups is 1. The van der Waals surface area contributed by atoms with E-state index in [0.717, 1.165) is 16.8 Å². The molecule has 2 heteroatoms. The molecule has 12 heavy (non-hydrogen) atoms. The van der Waals surface area contributed by atoms with Crippen molar-refractivity contribution >= 4 is 5.52 Å². The summed E-state index contributed by atoms with van der Waals surface area (Å²) >= 11 is 0. The molecule has 2 nitrogen and oxygen atoms in total. The van der Waals surface area contributed by atoms with Gasteiger partial charge in [-0.15, -0.1) is 0 Å². The van der Waals surface area contributed by atoms with Gasteiger partial charge in [-0.05, 0) is 30.7 Å². The first kappa shape index (κ1) is 7.37. The molecular formula is C10H10NO. The molecule has 0 aromatic carbocycles. The van der Waals surface area contributed by atoms with Crippen LogP contribution in [0.3, 0.4) is 0 Å². The van der Waals surface area contributed by atoms with Gasteiger partial charge in [-0.1, -0.05) is 6.07 Å². The maximum atomic E-state index is 9.00. The second-order valence-corrected chi connectivity index (χ2v) is 2.77. The molecule has 0 unspecified atom stereocenters. The Balaban J connectivity index is 2.82. The van der Waals surface area contributed by atoms with Gasteiger partial charge in [0.1, 0.15) is 0 Å². The minimum absolute atomic E-state index is 0.0610. The summed E-state index contributed by atoms with van der Waals surface area (Å²) in [5.41, 5.74) is 2.93. The first-order valence-corrected chi connectivity index (χ1v) is 3.84. The summed E-state index contributed by atoms with van der Waals surface area (Å²) in [6.07, 6.45) is 1.93. The number of aliphatic hydroxyl groups excluding tert-OH is 1. The summed E-state index contributed by atoms with van der Waals surface area (Å²) in [4.78, 5) is 0. The van der Waals surface area contributed by atoms with E-state index in [9.17, 15) is 0 Å². The maximum Gasteiger partial charge on any atom is 0.0836 e. The zero-order valence-corrected chi connectivity index (χ0v) is 6.70. The largest absolute Gasteiger partial charge is 0.390 e. The molecule has 61 valence electrons. The van der Waals surface area contributed by atoms with Gasteiger partial charge in [0.05, 0.1) is 6.61 Å². The van der Waals surface area contributed by atoms with Crippen LogP contribution in [0.5, 0.6) is 0 Å². The average Bonchev–Trinajstić information content (AvgIpc) is 2.54. The molecule has 0 aliphatic rings. The number of pyridine rings is 1. The van der Waals surface area contributed by atoms with Gasteiger partial charge >= 0.3 is 0 Å². The fourth-order valence-corrected chi connectivity index (χ4v) is 1.38. The predicted molar refractivity (Wildman–Crippen MR) is 47.8 cm³/mol. The van der Waals surface area contributed by atoms with Gasteiger partial charge in [-0.25, -0.2) is 0 Å². The van der Waals surface area contributed by atoms with Crippen LogP contribution in [-0.2, 0) is 6.61 Å². The Kier molecular flexibility index (Phi) is 1.62. The number of rotatable bonds is 1. The van der Waals surface area contributed by atoms with E-state index in [2.05, 4.69) is 6.92 Å².